The van der Waals surface area contributed by atoms with Gasteiger partial charge in [0.1, 0.15) is 12.4 Å². The highest BCUT2D eigenvalue weighted by molar-refractivity contribution is 6.50. The summed E-state index contributed by atoms with van der Waals surface area (Å²) in [6.45, 7) is 5.04. The number of halogens is 4. The number of carbonyl (C=O) groups excluding carboxylic acids is 1. The fourth-order valence-corrected chi connectivity index (χ4v) is 3.95. The first-order valence-electron chi connectivity index (χ1n) is 9.19. The van der Waals surface area contributed by atoms with Crippen LogP contribution in [0.4, 0.5) is 5.69 Å². The van der Waals surface area contributed by atoms with E-state index in [1.807, 2.05) is 30.3 Å². The number of carbonyl (C=O) groups is 1. The van der Waals surface area contributed by atoms with Crippen molar-refractivity contribution in [3.8, 4) is 5.75 Å². The van der Waals surface area contributed by atoms with E-state index in [2.05, 4.69) is 15.1 Å². The van der Waals surface area contributed by atoms with Crippen LogP contribution in [0.1, 0.15) is 0 Å². The Morgan fingerprint density at radius 3 is 2.14 bits per heavy atom. The maximum atomic E-state index is 12.4. The van der Waals surface area contributed by atoms with Crippen molar-refractivity contribution >= 4 is 58.0 Å². The van der Waals surface area contributed by atoms with E-state index in [4.69, 9.17) is 51.1 Å². The standard InChI is InChI=1S/C20H21Cl4N3O2/c21-15-12-16(22)19(24)20(18(15)23)25-17(28)13-27-8-6-26(7-9-27)10-11-29-14-4-2-1-3-5-14/h1-5,12H,6-11,13H2,(H,25,28). The quantitative estimate of drug-likeness (QED) is 0.575. The van der Waals surface area contributed by atoms with Crippen molar-refractivity contribution in [1.29, 1.82) is 0 Å². The highest BCUT2D eigenvalue weighted by atomic mass is 35.5. The predicted octanol–water partition coefficient (Wildman–Crippen LogP) is 4.94. The van der Waals surface area contributed by atoms with E-state index in [9.17, 15) is 4.79 Å². The van der Waals surface area contributed by atoms with Crippen molar-refractivity contribution in [2.45, 2.75) is 0 Å². The number of nitrogens with one attached hydrogen (secondary N) is 1. The van der Waals surface area contributed by atoms with Gasteiger partial charge in [0.15, 0.2) is 0 Å². The lowest BCUT2D eigenvalue weighted by atomic mass is 10.3. The molecule has 1 aliphatic rings. The van der Waals surface area contributed by atoms with E-state index < -0.39 is 0 Å². The van der Waals surface area contributed by atoms with Crippen LogP contribution < -0.4 is 10.1 Å². The first kappa shape index (κ1) is 22.5. The smallest absolute Gasteiger partial charge is 0.238 e. The van der Waals surface area contributed by atoms with Gasteiger partial charge in [-0.15, -0.1) is 0 Å². The number of nitrogens with zero attached hydrogens (tertiary/aromatic N) is 2. The summed E-state index contributed by atoms with van der Waals surface area (Å²) in [6.07, 6.45) is 0. The van der Waals surface area contributed by atoms with Crippen molar-refractivity contribution in [3.63, 3.8) is 0 Å². The van der Waals surface area contributed by atoms with Gasteiger partial charge < -0.3 is 10.1 Å². The SMILES string of the molecule is O=C(CN1CCN(CCOc2ccccc2)CC1)Nc1c(Cl)c(Cl)cc(Cl)c1Cl. The van der Waals surface area contributed by atoms with Gasteiger partial charge in [-0.25, -0.2) is 0 Å². The van der Waals surface area contributed by atoms with Gasteiger partial charge in [-0.1, -0.05) is 64.6 Å². The Hall–Kier alpha value is -1.21. The fraction of sp³-hybridized carbons (Fsp3) is 0.350. The van der Waals surface area contributed by atoms with Crippen LogP contribution in [-0.2, 0) is 4.79 Å². The molecule has 2 aromatic carbocycles. The molecule has 1 fully saturated rings. The number of anilines is 1. The molecule has 1 saturated heterocycles. The fourth-order valence-electron chi connectivity index (χ4n) is 3.05. The lowest BCUT2D eigenvalue weighted by Gasteiger charge is -2.34. The largest absolute Gasteiger partial charge is 0.492 e. The Bertz CT molecular complexity index is 817. The van der Waals surface area contributed by atoms with Crippen LogP contribution in [-0.4, -0.2) is 61.6 Å². The summed E-state index contributed by atoms with van der Waals surface area (Å²) in [5, 5.41) is 3.56. The summed E-state index contributed by atoms with van der Waals surface area (Å²) in [5.41, 5.74) is 0.243. The van der Waals surface area contributed by atoms with E-state index >= 15 is 0 Å². The number of ether oxygens (including phenoxy) is 1. The zero-order chi connectivity index (χ0) is 20.8. The van der Waals surface area contributed by atoms with Crippen LogP contribution in [0, 0.1) is 0 Å². The Labute approximate surface area is 190 Å². The number of amides is 1. The summed E-state index contributed by atoms with van der Waals surface area (Å²) in [7, 11) is 0. The molecule has 29 heavy (non-hydrogen) atoms. The molecular weight excluding hydrogens is 456 g/mol. The summed E-state index contributed by atoms with van der Waals surface area (Å²) in [6, 6.07) is 11.2. The molecule has 0 radical (unpaired) electrons. The number of benzene rings is 2. The number of hydrogen-bond donors (Lipinski definition) is 1. The third-order valence-electron chi connectivity index (χ3n) is 4.63. The van der Waals surface area contributed by atoms with Crippen molar-refractivity contribution in [3.05, 3.63) is 56.5 Å². The van der Waals surface area contributed by atoms with Gasteiger partial charge >= 0.3 is 0 Å². The molecule has 5 nitrogen and oxygen atoms in total. The van der Waals surface area contributed by atoms with E-state index in [0.29, 0.717) is 6.61 Å². The Kier molecular flexibility index (Phi) is 8.30. The van der Waals surface area contributed by atoms with Crippen molar-refractivity contribution < 1.29 is 9.53 Å². The normalized spacial score (nSPS) is 15.3. The second-order valence-corrected chi connectivity index (χ2v) is 8.24. The first-order chi connectivity index (χ1) is 13.9. The van der Waals surface area contributed by atoms with E-state index in [0.717, 1.165) is 38.5 Å². The molecular formula is C20H21Cl4N3O2. The van der Waals surface area contributed by atoms with Gasteiger partial charge in [-0.3, -0.25) is 14.6 Å². The molecule has 9 heteroatoms. The van der Waals surface area contributed by atoms with Gasteiger partial charge in [0, 0.05) is 32.7 Å². The van der Waals surface area contributed by atoms with Gasteiger partial charge in [0.25, 0.3) is 0 Å². The molecule has 0 aromatic heterocycles. The topological polar surface area (TPSA) is 44.8 Å². The minimum absolute atomic E-state index is 0.178. The number of para-hydroxylation sites is 1. The van der Waals surface area contributed by atoms with E-state index in [1.165, 1.54) is 6.07 Å². The summed E-state index contributed by atoms with van der Waals surface area (Å²) >= 11 is 24.3. The van der Waals surface area contributed by atoms with Gasteiger partial charge in [0.2, 0.25) is 5.91 Å². The molecule has 0 bridgehead atoms. The number of piperazine rings is 1. The minimum Gasteiger partial charge on any atom is -0.492 e. The Morgan fingerprint density at radius 1 is 0.931 bits per heavy atom. The van der Waals surface area contributed by atoms with E-state index in [1.54, 1.807) is 0 Å². The highest BCUT2D eigenvalue weighted by Gasteiger charge is 2.21. The average molecular weight is 477 g/mol. The zero-order valence-electron chi connectivity index (χ0n) is 15.6. The lowest BCUT2D eigenvalue weighted by Crippen LogP contribution is -2.49. The molecule has 0 aliphatic carbocycles. The van der Waals surface area contributed by atoms with Crippen LogP contribution in [0.25, 0.3) is 0 Å². The maximum absolute atomic E-state index is 12.4. The zero-order valence-corrected chi connectivity index (χ0v) is 18.7. The Morgan fingerprint density at radius 2 is 1.52 bits per heavy atom. The van der Waals surface area contributed by atoms with Crippen molar-refractivity contribution in [1.82, 2.24) is 9.80 Å². The Balaban J connectivity index is 1.42. The highest BCUT2D eigenvalue weighted by Crippen LogP contribution is 2.40. The van der Waals surface area contributed by atoms with Crippen LogP contribution in [0.3, 0.4) is 0 Å². The third kappa shape index (κ3) is 6.38. The first-order valence-corrected chi connectivity index (χ1v) is 10.7. The second-order valence-electron chi connectivity index (χ2n) is 6.67. The van der Waals surface area contributed by atoms with Crippen LogP contribution in [0.2, 0.25) is 20.1 Å². The minimum atomic E-state index is -0.215. The molecule has 0 spiro atoms. The van der Waals surface area contributed by atoms with Gasteiger partial charge in [-0.2, -0.15) is 0 Å². The van der Waals surface area contributed by atoms with Gasteiger partial charge in [-0.05, 0) is 18.2 Å². The number of rotatable bonds is 7. The molecule has 1 amide bonds. The van der Waals surface area contributed by atoms with Crippen LogP contribution in [0.15, 0.2) is 36.4 Å². The van der Waals surface area contributed by atoms with Gasteiger partial charge in [0.05, 0.1) is 32.3 Å². The summed E-state index contributed by atoms with van der Waals surface area (Å²) in [5.74, 6) is 0.661. The molecule has 2 aromatic rings. The molecule has 0 unspecified atom stereocenters. The monoisotopic (exact) mass is 475 g/mol. The van der Waals surface area contributed by atoms with E-state index in [-0.39, 0.29) is 38.2 Å². The summed E-state index contributed by atoms with van der Waals surface area (Å²) < 4.78 is 5.74. The second kappa shape index (κ2) is 10.7. The maximum Gasteiger partial charge on any atom is 0.238 e. The van der Waals surface area contributed by atoms with Crippen LogP contribution in [0.5, 0.6) is 5.75 Å². The molecule has 0 saturated carbocycles. The molecule has 156 valence electrons. The average Bonchev–Trinajstić information content (AvgIpc) is 2.72. The summed E-state index contributed by atoms with van der Waals surface area (Å²) in [4.78, 5) is 16.8. The molecule has 3 rings (SSSR count). The molecule has 1 N–H and O–H groups in total. The molecule has 1 heterocycles. The molecule has 0 atom stereocenters. The number of hydrogen-bond acceptors (Lipinski definition) is 4. The van der Waals surface area contributed by atoms with Crippen molar-refractivity contribution in [2.75, 3.05) is 51.2 Å². The predicted molar refractivity (Wildman–Crippen MR) is 120 cm³/mol. The lowest BCUT2D eigenvalue weighted by molar-refractivity contribution is -0.117. The molecule has 1 aliphatic heterocycles. The third-order valence-corrected chi connectivity index (χ3v) is 6.20. The van der Waals surface area contributed by atoms with Crippen molar-refractivity contribution in [2.24, 2.45) is 0 Å². The van der Waals surface area contributed by atoms with Crippen LogP contribution >= 0.6 is 46.4 Å².